The maximum absolute atomic E-state index is 11.2. The topological polar surface area (TPSA) is 29.1 Å². The number of hydrogen-bond donors (Lipinski definition) is 1. The largest absolute Gasteiger partial charge is 0.355 e. The molecule has 1 aromatic carbocycles. The summed E-state index contributed by atoms with van der Waals surface area (Å²) in [6.07, 6.45) is 2.22. The lowest BCUT2D eigenvalue weighted by atomic mass is 10.1. The molecule has 0 bridgehead atoms. The van der Waals surface area contributed by atoms with Gasteiger partial charge in [-0.25, -0.2) is 0 Å². The molecule has 0 atom stereocenters. The van der Waals surface area contributed by atoms with Gasteiger partial charge in [-0.05, 0) is 24.1 Å². The monoisotopic (exact) mass is 209 g/mol. The summed E-state index contributed by atoms with van der Waals surface area (Å²) in [5, 5.41) is 2.59. The van der Waals surface area contributed by atoms with E-state index in [9.17, 15) is 4.79 Å². The summed E-state index contributed by atoms with van der Waals surface area (Å²) >= 11 is 0. The normalized spacial score (nSPS) is 8.80. The fourth-order valence-corrected chi connectivity index (χ4v) is 1.26. The van der Waals surface area contributed by atoms with Gasteiger partial charge in [0.15, 0.2) is 0 Å². The van der Waals surface area contributed by atoms with Crippen LogP contribution in [0.15, 0.2) is 24.3 Å². The first-order valence-corrected chi connectivity index (χ1v) is 5.59. The van der Waals surface area contributed by atoms with Gasteiger partial charge in [0.25, 0.3) is 5.91 Å². The van der Waals surface area contributed by atoms with Crippen LogP contribution in [0.3, 0.4) is 0 Å². The third kappa shape index (κ3) is 4.63. The molecule has 0 aliphatic carbocycles. The van der Waals surface area contributed by atoms with E-state index in [4.69, 9.17) is 0 Å². The summed E-state index contributed by atoms with van der Waals surface area (Å²) in [6.45, 7) is 6.15. The molecule has 1 aromatic rings. The number of nitrogens with one attached hydrogen (secondary N) is 1. The highest BCUT2D eigenvalue weighted by atomic mass is 16.1. The second-order valence-corrected chi connectivity index (χ2v) is 3.03. The van der Waals surface area contributed by atoms with E-state index in [2.05, 4.69) is 12.2 Å². The fraction of sp³-hybridized carbons (Fsp3) is 0.462. The van der Waals surface area contributed by atoms with Gasteiger partial charge in [0.2, 0.25) is 0 Å². The molecular weight excluding hydrogens is 186 g/mol. The SMILES string of the molecule is CC.CCCc1ccc(C(=O)NC)cc1.[HH]. The van der Waals surface area contributed by atoms with Crippen LogP contribution >= 0.6 is 0 Å². The first-order chi connectivity index (χ1) is 7.27. The van der Waals surface area contributed by atoms with Gasteiger partial charge < -0.3 is 5.32 Å². The lowest BCUT2D eigenvalue weighted by Gasteiger charge is -2.01. The van der Waals surface area contributed by atoms with Crippen molar-refractivity contribution in [2.45, 2.75) is 33.6 Å². The molecule has 2 heteroatoms. The van der Waals surface area contributed by atoms with Crippen LogP contribution in [-0.2, 0) is 6.42 Å². The summed E-state index contributed by atoms with van der Waals surface area (Å²) < 4.78 is 0. The predicted octanol–water partition coefficient (Wildman–Crippen LogP) is 3.27. The number of carbonyl (C=O) groups excluding carboxylic acids is 1. The van der Waals surface area contributed by atoms with E-state index >= 15 is 0 Å². The Morgan fingerprint density at radius 3 is 2.20 bits per heavy atom. The maximum Gasteiger partial charge on any atom is 0.251 e. The van der Waals surface area contributed by atoms with Gasteiger partial charge in [-0.3, -0.25) is 4.79 Å². The molecule has 0 radical (unpaired) electrons. The quantitative estimate of drug-likeness (QED) is 0.813. The van der Waals surface area contributed by atoms with Crippen molar-refractivity contribution < 1.29 is 6.22 Å². The summed E-state index contributed by atoms with van der Waals surface area (Å²) in [5.41, 5.74) is 2.01. The van der Waals surface area contributed by atoms with Crippen molar-refractivity contribution in [1.29, 1.82) is 0 Å². The summed E-state index contributed by atoms with van der Waals surface area (Å²) in [7, 11) is 1.64. The molecule has 0 aliphatic rings. The molecule has 86 valence electrons. The number of carbonyl (C=O) groups is 1. The average Bonchev–Trinajstić information content (AvgIpc) is 2.32. The standard InChI is InChI=1S/C11H15NO.C2H6.H2/c1-3-4-9-5-7-10(8-6-9)11(13)12-2;1-2;/h5-8H,3-4H2,1-2H3,(H,12,13);1-2H3;1H. The highest BCUT2D eigenvalue weighted by molar-refractivity contribution is 5.93. The highest BCUT2D eigenvalue weighted by Crippen LogP contribution is 2.06. The van der Waals surface area contributed by atoms with E-state index in [-0.39, 0.29) is 7.33 Å². The molecule has 1 amide bonds. The Kier molecular flexibility index (Phi) is 7.33. The smallest absolute Gasteiger partial charge is 0.251 e. The van der Waals surface area contributed by atoms with E-state index in [1.165, 1.54) is 5.56 Å². The van der Waals surface area contributed by atoms with Crippen LogP contribution in [0, 0.1) is 0 Å². The third-order valence-electron chi connectivity index (χ3n) is 1.98. The maximum atomic E-state index is 11.2. The second kappa shape index (κ2) is 8.04. The zero-order valence-electron chi connectivity index (χ0n) is 10.1. The van der Waals surface area contributed by atoms with Crippen LogP contribution in [0.2, 0.25) is 0 Å². The van der Waals surface area contributed by atoms with Crippen LogP contribution in [0.25, 0.3) is 0 Å². The Bertz CT molecular complexity index is 282. The highest BCUT2D eigenvalue weighted by Gasteiger charge is 2.00. The van der Waals surface area contributed by atoms with Crippen molar-refractivity contribution in [2.24, 2.45) is 0 Å². The minimum absolute atomic E-state index is 0. The van der Waals surface area contributed by atoms with Crippen molar-refractivity contribution in [1.82, 2.24) is 5.32 Å². The Morgan fingerprint density at radius 1 is 1.27 bits per heavy atom. The fourth-order valence-electron chi connectivity index (χ4n) is 1.26. The number of benzene rings is 1. The first kappa shape index (κ1) is 13.7. The van der Waals surface area contributed by atoms with E-state index in [1.54, 1.807) is 7.05 Å². The van der Waals surface area contributed by atoms with Gasteiger partial charge in [0.1, 0.15) is 0 Å². The first-order valence-electron chi connectivity index (χ1n) is 5.59. The van der Waals surface area contributed by atoms with Crippen LogP contribution in [0.5, 0.6) is 0 Å². The third-order valence-corrected chi connectivity index (χ3v) is 1.98. The van der Waals surface area contributed by atoms with Gasteiger partial charge in [-0.2, -0.15) is 0 Å². The predicted molar refractivity (Wildman–Crippen MR) is 67.3 cm³/mol. The van der Waals surface area contributed by atoms with Gasteiger partial charge in [-0.15, -0.1) is 0 Å². The van der Waals surface area contributed by atoms with E-state index in [0.29, 0.717) is 0 Å². The molecule has 0 aliphatic heterocycles. The molecule has 1 rings (SSSR count). The van der Waals surface area contributed by atoms with E-state index in [0.717, 1.165) is 18.4 Å². The molecule has 0 saturated heterocycles. The van der Waals surface area contributed by atoms with Crippen molar-refractivity contribution in [3.05, 3.63) is 35.4 Å². The van der Waals surface area contributed by atoms with Gasteiger partial charge >= 0.3 is 0 Å². The lowest BCUT2D eigenvalue weighted by molar-refractivity contribution is 0.0963. The second-order valence-electron chi connectivity index (χ2n) is 3.03. The molecule has 0 unspecified atom stereocenters. The number of amides is 1. The van der Waals surface area contributed by atoms with Gasteiger partial charge in [0, 0.05) is 14.0 Å². The molecule has 2 nitrogen and oxygen atoms in total. The van der Waals surface area contributed by atoms with E-state index < -0.39 is 0 Å². The number of hydrogen-bond acceptors (Lipinski definition) is 1. The zero-order valence-corrected chi connectivity index (χ0v) is 10.1. The van der Waals surface area contributed by atoms with Crippen LogP contribution in [0.1, 0.15) is 44.5 Å². The van der Waals surface area contributed by atoms with Gasteiger partial charge in [-0.1, -0.05) is 39.3 Å². The molecule has 15 heavy (non-hydrogen) atoms. The lowest BCUT2D eigenvalue weighted by Crippen LogP contribution is -2.17. The minimum atomic E-state index is -0.0250. The Hall–Kier alpha value is -1.31. The van der Waals surface area contributed by atoms with Crippen molar-refractivity contribution in [3.8, 4) is 0 Å². The van der Waals surface area contributed by atoms with Crippen molar-refractivity contribution >= 4 is 5.91 Å². The van der Waals surface area contributed by atoms with E-state index in [1.807, 2.05) is 38.1 Å². The Labute approximate surface area is 94.2 Å². The van der Waals surface area contributed by atoms with Crippen molar-refractivity contribution in [3.63, 3.8) is 0 Å². The molecule has 0 heterocycles. The number of aryl methyl sites for hydroxylation is 1. The Morgan fingerprint density at radius 2 is 1.80 bits per heavy atom. The summed E-state index contributed by atoms with van der Waals surface area (Å²) in [5.74, 6) is -0.0250. The molecule has 1 N–H and O–H groups in total. The van der Waals surface area contributed by atoms with Gasteiger partial charge in [0.05, 0.1) is 0 Å². The molecule has 0 aromatic heterocycles. The van der Waals surface area contributed by atoms with Crippen LogP contribution in [0.4, 0.5) is 0 Å². The van der Waals surface area contributed by atoms with Crippen LogP contribution < -0.4 is 5.32 Å². The number of rotatable bonds is 3. The molecular formula is C13H23NO. The average molecular weight is 209 g/mol. The van der Waals surface area contributed by atoms with Crippen molar-refractivity contribution in [2.75, 3.05) is 7.05 Å². The molecule has 0 spiro atoms. The molecule has 0 saturated carbocycles. The van der Waals surface area contributed by atoms with Crippen LogP contribution in [-0.4, -0.2) is 13.0 Å². The zero-order chi connectivity index (χ0) is 11.7. The minimum Gasteiger partial charge on any atom is -0.355 e. The Balaban J connectivity index is 0. The summed E-state index contributed by atoms with van der Waals surface area (Å²) in [6, 6.07) is 7.75. The molecule has 0 fully saturated rings. The summed E-state index contributed by atoms with van der Waals surface area (Å²) in [4.78, 5) is 11.2.